The van der Waals surface area contributed by atoms with Gasteiger partial charge in [0, 0.05) is 0 Å². The van der Waals surface area contributed by atoms with E-state index in [0.29, 0.717) is 5.02 Å². The quantitative estimate of drug-likeness (QED) is 0.611. The number of nitrogens with zero attached hydrogens (tertiary/aromatic N) is 2. The van der Waals surface area contributed by atoms with Gasteiger partial charge in [0.1, 0.15) is 5.88 Å². The first kappa shape index (κ1) is 7.57. The molecule has 0 spiro atoms. The highest BCUT2D eigenvalue weighted by Gasteiger charge is 2.02. The smallest absolute Gasteiger partial charge is 0.261 e. The molecule has 0 aliphatic heterocycles. The lowest BCUT2D eigenvalue weighted by Gasteiger charge is -1.91. The van der Waals surface area contributed by atoms with E-state index >= 15 is 0 Å². The summed E-state index contributed by atoms with van der Waals surface area (Å²) < 4.78 is 1.11. The van der Waals surface area contributed by atoms with Crippen molar-refractivity contribution < 1.29 is 4.79 Å². The van der Waals surface area contributed by atoms with Gasteiger partial charge in [-0.05, 0) is 0 Å². The lowest BCUT2D eigenvalue weighted by molar-refractivity contribution is 0.0925. The summed E-state index contributed by atoms with van der Waals surface area (Å²) in [6.45, 7) is 0. The third-order valence-corrected chi connectivity index (χ3v) is 1.34. The highest BCUT2D eigenvalue weighted by Crippen LogP contribution is 2.04. The van der Waals surface area contributed by atoms with E-state index in [1.165, 1.54) is 12.4 Å². The van der Waals surface area contributed by atoms with Crippen LogP contribution in [0.1, 0.15) is 4.79 Å². The Morgan fingerprint density at radius 1 is 1.80 bits per heavy atom. The number of hydrogen-bond acceptors (Lipinski definition) is 2. The monoisotopic (exact) mass is 178 g/mol. The first-order chi connectivity index (χ1) is 4.74. The van der Waals surface area contributed by atoms with Crippen molar-refractivity contribution in [1.29, 1.82) is 0 Å². The Hall–Kier alpha value is -0.540. The van der Waals surface area contributed by atoms with Gasteiger partial charge in [-0.2, -0.15) is 5.10 Å². The van der Waals surface area contributed by atoms with E-state index in [9.17, 15) is 4.79 Å². The Labute approximate surface area is 67.5 Å². The number of carbonyl (C=O) groups excluding carboxylic acids is 1. The highest BCUT2D eigenvalue weighted by molar-refractivity contribution is 6.31. The zero-order valence-corrected chi connectivity index (χ0v) is 6.43. The topological polar surface area (TPSA) is 34.9 Å². The number of halogens is 2. The molecular formula is C5H4Cl2N2O. The van der Waals surface area contributed by atoms with Crippen molar-refractivity contribution >= 4 is 29.1 Å². The number of carbonyl (C=O) groups is 1. The van der Waals surface area contributed by atoms with E-state index in [2.05, 4.69) is 5.10 Å². The van der Waals surface area contributed by atoms with E-state index in [1.54, 1.807) is 0 Å². The normalized spacial score (nSPS) is 9.80. The summed E-state index contributed by atoms with van der Waals surface area (Å²) in [4.78, 5) is 10.7. The number of alkyl halides is 1. The zero-order chi connectivity index (χ0) is 7.56. The number of rotatable bonds is 1. The van der Waals surface area contributed by atoms with Crippen LogP contribution in [0, 0.1) is 0 Å². The standard InChI is InChI=1S/C5H4Cl2N2O/c6-1-5(10)9-3-4(7)2-8-9/h2-3H,1H2. The average Bonchev–Trinajstić information content (AvgIpc) is 2.34. The fourth-order valence-corrected chi connectivity index (χ4v) is 0.757. The largest absolute Gasteiger partial charge is 0.271 e. The van der Waals surface area contributed by atoms with Crippen LogP contribution in [0.5, 0.6) is 0 Å². The molecule has 54 valence electrons. The number of aromatic nitrogens is 2. The molecule has 5 heteroatoms. The van der Waals surface area contributed by atoms with Gasteiger partial charge in [-0.3, -0.25) is 4.79 Å². The summed E-state index contributed by atoms with van der Waals surface area (Å²) in [5.74, 6) is -0.369. The summed E-state index contributed by atoms with van der Waals surface area (Å²) >= 11 is 10.7. The first-order valence-electron chi connectivity index (χ1n) is 2.53. The molecule has 0 saturated heterocycles. The van der Waals surface area contributed by atoms with E-state index in [0.717, 1.165) is 4.68 Å². The molecule has 0 aliphatic carbocycles. The van der Waals surface area contributed by atoms with E-state index in [1.807, 2.05) is 0 Å². The third-order valence-electron chi connectivity index (χ3n) is 0.921. The molecule has 1 rings (SSSR count). The van der Waals surface area contributed by atoms with Crippen LogP contribution in [0.25, 0.3) is 0 Å². The van der Waals surface area contributed by atoms with Crippen LogP contribution in [0.3, 0.4) is 0 Å². The molecule has 0 aromatic carbocycles. The maximum Gasteiger partial charge on any atom is 0.261 e. The molecule has 0 saturated carbocycles. The van der Waals surface area contributed by atoms with Crippen LogP contribution in [-0.2, 0) is 0 Å². The van der Waals surface area contributed by atoms with Crippen molar-refractivity contribution in [3.63, 3.8) is 0 Å². The molecule has 0 fully saturated rings. The fourth-order valence-electron chi connectivity index (χ4n) is 0.498. The Morgan fingerprint density at radius 2 is 2.50 bits per heavy atom. The van der Waals surface area contributed by atoms with Gasteiger partial charge < -0.3 is 0 Å². The molecule has 0 atom stereocenters. The molecule has 3 nitrogen and oxygen atoms in total. The molecule has 10 heavy (non-hydrogen) atoms. The van der Waals surface area contributed by atoms with Gasteiger partial charge in [-0.15, -0.1) is 11.6 Å². The summed E-state index contributed by atoms with van der Waals surface area (Å²) in [7, 11) is 0. The second kappa shape index (κ2) is 3.03. The summed E-state index contributed by atoms with van der Waals surface area (Å²) in [6.07, 6.45) is 2.79. The van der Waals surface area contributed by atoms with Crippen molar-refractivity contribution in [2.45, 2.75) is 0 Å². The zero-order valence-electron chi connectivity index (χ0n) is 4.92. The maximum absolute atomic E-state index is 10.7. The second-order valence-electron chi connectivity index (χ2n) is 1.63. The lowest BCUT2D eigenvalue weighted by Crippen LogP contribution is -2.11. The van der Waals surface area contributed by atoms with Gasteiger partial charge in [-0.1, -0.05) is 11.6 Å². The Balaban J connectivity index is 2.85. The fraction of sp³-hybridized carbons (Fsp3) is 0.200. The number of hydrogen-bond donors (Lipinski definition) is 0. The minimum absolute atomic E-state index is 0.0853. The Morgan fingerprint density at radius 3 is 2.90 bits per heavy atom. The van der Waals surface area contributed by atoms with Crippen molar-refractivity contribution in [3.8, 4) is 0 Å². The van der Waals surface area contributed by atoms with E-state index < -0.39 is 0 Å². The van der Waals surface area contributed by atoms with Gasteiger partial charge in [0.05, 0.1) is 17.4 Å². The van der Waals surface area contributed by atoms with Crippen molar-refractivity contribution in [2.75, 3.05) is 5.88 Å². The summed E-state index contributed by atoms with van der Waals surface area (Å²) in [5.41, 5.74) is 0. The average molecular weight is 179 g/mol. The second-order valence-corrected chi connectivity index (χ2v) is 2.33. The molecule has 1 aromatic rings. The minimum atomic E-state index is -0.284. The minimum Gasteiger partial charge on any atom is -0.271 e. The molecule has 0 aliphatic rings. The van der Waals surface area contributed by atoms with Crippen LogP contribution < -0.4 is 0 Å². The third kappa shape index (κ3) is 1.49. The van der Waals surface area contributed by atoms with Crippen LogP contribution in [0.4, 0.5) is 0 Å². The lowest BCUT2D eigenvalue weighted by atomic mass is 10.7. The molecule has 0 N–H and O–H groups in total. The predicted octanol–water partition coefficient (Wildman–Crippen LogP) is 1.42. The Kier molecular flexibility index (Phi) is 2.29. The molecule has 1 aromatic heterocycles. The van der Waals surface area contributed by atoms with E-state index in [4.69, 9.17) is 23.2 Å². The first-order valence-corrected chi connectivity index (χ1v) is 3.44. The molecule has 0 unspecified atom stereocenters. The maximum atomic E-state index is 10.7. The van der Waals surface area contributed by atoms with Crippen molar-refractivity contribution in [3.05, 3.63) is 17.4 Å². The van der Waals surface area contributed by atoms with Crippen molar-refractivity contribution in [2.24, 2.45) is 0 Å². The summed E-state index contributed by atoms with van der Waals surface area (Å²) in [6, 6.07) is 0. The SMILES string of the molecule is O=C(CCl)n1cc(Cl)cn1. The molecule has 0 radical (unpaired) electrons. The van der Waals surface area contributed by atoms with E-state index in [-0.39, 0.29) is 11.8 Å². The van der Waals surface area contributed by atoms with Crippen molar-refractivity contribution in [1.82, 2.24) is 9.78 Å². The molecule has 0 amide bonds. The van der Waals surface area contributed by atoms with Gasteiger partial charge >= 0.3 is 0 Å². The highest BCUT2D eigenvalue weighted by atomic mass is 35.5. The van der Waals surface area contributed by atoms with Crippen LogP contribution >= 0.6 is 23.2 Å². The van der Waals surface area contributed by atoms with Gasteiger partial charge in [0.15, 0.2) is 0 Å². The summed E-state index contributed by atoms with van der Waals surface area (Å²) in [5, 5.41) is 4.07. The molecule has 1 heterocycles. The van der Waals surface area contributed by atoms with Gasteiger partial charge in [-0.25, -0.2) is 4.68 Å². The van der Waals surface area contributed by atoms with Crippen LogP contribution in [0.15, 0.2) is 12.4 Å². The molecule has 0 bridgehead atoms. The Bertz CT molecular complexity index is 246. The molecular weight excluding hydrogens is 175 g/mol. The predicted molar refractivity (Wildman–Crippen MR) is 38.6 cm³/mol. The van der Waals surface area contributed by atoms with Gasteiger partial charge in [0.2, 0.25) is 0 Å². The van der Waals surface area contributed by atoms with Gasteiger partial charge in [0.25, 0.3) is 5.91 Å². The van der Waals surface area contributed by atoms with Crippen LogP contribution in [0.2, 0.25) is 5.02 Å². The van der Waals surface area contributed by atoms with Crippen LogP contribution in [-0.4, -0.2) is 21.6 Å².